The first-order chi connectivity index (χ1) is 18.6. The zero-order chi connectivity index (χ0) is 25.2. The van der Waals surface area contributed by atoms with E-state index < -0.39 is 0 Å². The SMILES string of the molecule is CC1(C)c2ccccc2-c2cc3c(cc21)oc1cccc(-c2ccc4ccc5cccc6ccc2c4c56)c13. The molecular formula is C37H24O. The highest BCUT2D eigenvalue weighted by Crippen LogP contribution is 2.51. The lowest BCUT2D eigenvalue weighted by molar-refractivity contribution is 0.647. The third kappa shape index (κ3) is 2.42. The summed E-state index contributed by atoms with van der Waals surface area (Å²) >= 11 is 0. The molecule has 0 fully saturated rings. The highest BCUT2D eigenvalue weighted by Gasteiger charge is 2.36. The van der Waals surface area contributed by atoms with E-state index in [1.165, 1.54) is 76.5 Å². The average Bonchev–Trinajstić information content (AvgIpc) is 3.43. The standard InChI is InChI=1S/C37H24O/c1-37(2)30-11-4-3-9-25(30)28-19-29-33(20-31(28)37)38-32-12-6-10-26(36(29)32)24-17-15-23-14-13-21-7-5-8-22-16-18-27(24)35(23)34(21)22/h3-20H,1-2H3. The fraction of sp³-hybridized carbons (Fsp3) is 0.0811. The van der Waals surface area contributed by atoms with Gasteiger partial charge in [0.2, 0.25) is 0 Å². The molecule has 1 aliphatic carbocycles. The predicted octanol–water partition coefficient (Wildman–Crippen LogP) is 10.5. The summed E-state index contributed by atoms with van der Waals surface area (Å²) in [7, 11) is 0. The van der Waals surface area contributed by atoms with Crippen molar-refractivity contribution in [1.29, 1.82) is 0 Å². The van der Waals surface area contributed by atoms with E-state index in [0.29, 0.717) is 0 Å². The maximum Gasteiger partial charge on any atom is 0.136 e. The van der Waals surface area contributed by atoms with Crippen LogP contribution in [-0.2, 0) is 5.41 Å². The van der Waals surface area contributed by atoms with E-state index in [-0.39, 0.29) is 5.41 Å². The fourth-order valence-corrected chi connectivity index (χ4v) is 7.21. The molecular weight excluding hydrogens is 460 g/mol. The largest absolute Gasteiger partial charge is 0.456 e. The number of hydrogen-bond acceptors (Lipinski definition) is 1. The molecule has 0 bridgehead atoms. The molecule has 0 amide bonds. The first-order valence-electron chi connectivity index (χ1n) is 13.4. The molecule has 178 valence electrons. The van der Waals surface area contributed by atoms with Crippen molar-refractivity contribution < 1.29 is 4.42 Å². The fourth-order valence-electron chi connectivity index (χ4n) is 7.21. The van der Waals surface area contributed by atoms with Crippen molar-refractivity contribution in [2.75, 3.05) is 0 Å². The molecule has 1 aliphatic rings. The Balaban J connectivity index is 1.40. The molecule has 0 N–H and O–H groups in total. The van der Waals surface area contributed by atoms with Crippen LogP contribution >= 0.6 is 0 Å². The van der Waals surface area contributed by atoms with Crippen LogP contribution in [0.5, 0.6) is 0 Å². The van der Waals surface area contributed by atoms with Gasteiger partial charge >= 0.3 is 0 Å². The number of fused-ring (bicyclic) bond motifs is 6. The maximum absolute atomic E-state index is 6.56. The first kappa shape index (κ1) is 20.4. The van der Waals surface area contributed by atoms with Gasteiger partial charge in [0.15, 0.2) is 0 Å². The van der Waals surface area contributed by atoms with Gasteiger partial charge in [0.1, 0.15) is 11.2 Å². The molecule has 0 atom stereocenters. The summed E-state index contributed by atoms with van der Waals surface area (Å²) < 4.78 is 6.56. The molecule has 9 rings (SSSR count). The van der Waals surface area contributed by atoms with Gasteiger partial charge in [-0.1, -0.05) is 105 Å². The van der Waals surface area contributed by atoms with E-state index in [1.807, 2.05) is 0 Å². The molecule has 0 spiro atoms. The van der Waals surface area contributed by atoms with Crippen molar-refractivity contribution >= 4 is 54.3 Å². The van der Waals surface area contributed by atoms with Crippen LogP contribution in [0.4, 0.5) is 0 Å². The summed E-state index contributed by atoms with van der Waals surface area (Å²) in [4.78, 5) is 0. The van der Waals surface area contributed by atoms with E-state index in [1.54, 1.807) is 0 Å². The Labute approximate surface area is 220 Å². The Morgan fingerprint density at radius 2 is 1.16 bits per heavy atom. The Morgan fingerprint density at radius 3 is 2.03 bits per heavy atom. The zero-order valence-corrected chi connectivity index (χ0v) is 21.3. The predicted molar refractivity (Wildman–Crippen MR) is 160 cm³/mol. The van der Waals surface area contributed by atoms with E-state index in [0.717, 1.165) is 11.2 Å². The van der Waals surface area contributed by atoms with Crippen LogP contribution < -0.4 is 0 Å². The van der Waals surface area contributed by atoms with Gasteiger partial charge in [-0.3, -0.25) is 0 Å². The van der Waals surface area contributed by atoms with Gasteiger partial charge in [0.05, 0.1) is 0 Å². The molecule has 7 aromatic carbocycles. The van der Waals surface area contributed by atoms with E-state index in [9.17, 15) is 0 Å². The molecule has 0 saturated carbocycles. The van der Waals surface area contributed by atoms with Crippen molar-refractivity contribution in [1.82, 2.24) is 0 Å². The van der Waals surface area contributed by atoms with Crippen molar-refractivity contribution in [2.45, 2.75) is 19.3 Å². The lowest BCUT2D eigenvalue weighted by atomic mass is 9.82. The molecule has 8 aromatic rings. The minimum Gasteiger partial charge on any atom is -0.456 e. The smallest absolute Gasteiger partial charge is 0.136 e. The van der Waals surface area contributed by atoms with Gasteiger partial charge < -0.3 is 4.42 Å². The molecule has 0 unspecified atom stereocenters. The molecule has 1 heterocycles. The molecule has 38 heavy (non-hydrogen) atoms. The van der Waals surface area contributed by atoms with Crippen LogP contribution in [0.1, 0.15) is 25.0 Å². The number of hydrogen-bond donors (Lipinski definition) is 0. The van der Waals surface area contributed by atoms with Crippen LogP contribution in [0.25, 0.3) is 76.5 Å². The van der Waals surface area contributed by atoms with Crippen molar-refractivity contribution in [3.05, 3.63) is 120 Å². The first-order valence-corrected chi connectivity index (χ1v) is 13.4. The maximum atomic E-state index is 6.56. The summed E-state index contributed by atoms with van der Waals surface area (Å²) in [5.41, 5.74) is 9.73. The van der Waals surface area contributed by atoms with Crippen molar-refractivity contribution in [3.8, 4) is 22.3 Å². The lowest BCUT2D eigenvalue weighted by Crippen LogP contribution is -2.14. The van der Waals surface area contributed by atoms with Gasteiger partial charge in [-0.2, -0.15) is 0 Å². The quantitative estimate of drug-likeness (QED) is 0.211. The van der Waals surface area contributed by atoms with Crippen LogP contribution in [0.3, 0.4) is 0 Å². The molecule has 0 saturated heterocycles. The van der Waals surface area contributed by atoms with Crippen LogP contribution in [0.2, 0.25) is 0 Å². The van der Waals surface area contributed by atoms with Gasteiger partial charge in [-0.15, -0.1) is 0 Å². The summed E-state index contributed by atoms with van der Waals surface area (Å²) in [6.45, 7) is 4.64. The second-order valence-electron chi connectivity index (χ2n) is 11.3. The van der Waals surface area contributed by atoms with Gasteiger partial charge in [-0.05, 0) is 83.9 Å². The second-order valence-corrected chi connectivity index (χ2v) is 11.3. The topological polar surface area (TPSA) is 13.1 Å². The van der Waals surface area contributed by atoms with Gasteiger partial charge in [0, 0.05) is 16.2 Å². The van der Waals surface area contributed by atoms with Crippen molar-refractivity contribution in [2.24, 2.45) is 0 Å². The lowest BCUT2D eigenvalue weighted by Gasteiger charge is -2.21. The Hall–Kier alpha value is -4.62. The Bertz CT molecular complexity index is 2240. The van der Waals surface area contributed by atoms with Gasteiger partial charge in [-0.25, -0.2) is 0 Å². The van der Waals surface area contributed by atoms with E-state index >= 15 is 0 Å². The summed E-state index contributed by atoms with van der Waals surface area (Å²) in [5, 5.41) is 10.2. The molecule has 1 nitrogen and oxygen atoms in total. The van der Waals surface area contributed by atoms with E-state index in [4.69, 9.17) is 4.42 Å². The molecule has 0 radical (unpaired) electrons. The average molecular weight is 485 g/mol. The minimum absolute atomic E-state index is 0.0476. The molecule has 0 aliphatic heterocycles. The second kappa shape index (κ2) is 6.82. The molecule has 1 aromatic heterocycles. The summed E-state index contributed by atoms with van der Waals surface area (Å²) in [5.74, 6) is 0. The Kier molecular flexibility index (Phi) is 3.67. The number of benzene rings is 7. The van der Waals surface area contributed by atoms with Crippen molar-refractivity contribution in [3.63, 3.8) is 0 Å². The number of rotatable bonds is 1. The zero-order valence-electron chi connectivity index (χ0n) is 21.3. The third-order valence-electron chi connectivity index (χ3n) is 9.02. The Morgan fingerprint density at radius 1 is 0.447 bits per heavy atom. The summed E-state index contributed by atoms with van der Waals surface area (Å²) in [6, 6.07) is 40.2. The van der Waals surface area contributed by atoms with Crippen LogP contribution in [0, 0.1) is 0 Å². The van der Waals surface area contributed by atoms with Crippen LogP contribution in [-0.4, -0.2) is 0 Å². The minimum atomic E-state index is -0.0476. The van der Waals surface area contributed by atoms with Crippen LogP contribution in [0.15, 0.2) is 114 Å². The third-order valence-corrected chi connectivity index (χ3v) is 9.02. The van der Waals surface area contributed by atoms with Gasteiger partial charge in [0.25, 0.3) is 0 Å². The monoisotopic (exact) mass is 484 g/mol. The number of furan rings is 1. The normalized spacial score (nSPS) is 14.3. The summed E-state index contributed by atoms with van der Waals surface area (Å²) in [6.07, 6.45) is 0. The molecule has 1 heteroatoms. The van der Waals surface area contributed by atoms with E-state index in [2.05, 4.69) is 123 Å². The highest BCUT2D eigenvalue weighted by molar-refractivity contribution is 6.27. The highest BCUT2D eigenvalue weighted by atomic mass is 16.3.